The van der Waals surface area contributed by atoms with Crippen molar-refractivity contribution in [2.45, 2.75) is 58.8 Å². The van der Waals surface area contributed by atoms with Crippen LogP contribution in [0.3, 0.4) is 0 Å². The molecule has 1 aliphatic carbocycles. The Hall–Kier alpha value is -1.56. The Morgan fingerprint density at radius 1 is 0.714 bits per heavy atom. The summed E-state index contributed by atoms with van der Waals surface area (Å²) in [6.45, 7) is 9.23. The van der Waals surface area contributed by atoms with Gasteiger partial charge in [0, 0.05) is 5.41 Å². The standard InChI is InChI=1S/C21H26/c1-5-13-21(14-6-2)19-15(3)9-7-11-17(19)18-12-8-10-16(4)20(18)21/h7-12H,5-6,13-14H2,1-4H3. The molecule has 0 saturated carbocycles. The largest absolute Gasteiger partial charge is 0.0653 e. The van der Waals surface area contributed by atoms with Crippen molar-refractivity contribution in [3.8, 4) is 11.1 Å². The van der Waals surface area contributed by atoms with E-state index < -0.39 is 0 Å². The Morgan fingerprint density at radius 2 is 1.14 bits per heavy atom. The van der Waals surface area contributed by atoms with E-state index in [0.717, 1.165) is 0 Å². The van der Waals surface area contributed by atoms with Gasteiger partial charge in [-0.1, -0.05) is 63.1 Å². The summed E-state index contributed by atoms with van der Waals surface area (Å²) in [4.78, 5) is 0. The van der Waals surface area contributed by atoms with Gasteiger partial charge in [-0.2, -0.15) is 0 Å². The Labute approximate surface area is 129 Å². The lowest BCUT2D eigenvalue weighted by Gasteiger charge is -2.34. The van der Waals surface area contributed by atoms with Crippen molar-refractivity contribution in [2.75, 3.05) is 0 Å². The van der Waals surface area contributed by atoms with E-state index >= 15 is 0 Å². The maximum absolute atomic E-state index is 2.33. The van der Waals surface area contributed by atoms with Gasteiger partial charge in [-0.15, -0.1) is 0 Å². The van der Waals surface area contributed by atoms with Crippen LogP contribution < -0.4 is 0 Å². The highest BCUT2D eigenvalue weighted by Crippen LogP contribution is 2.55. The molecule has 3 rings (SSSR count). The average molecular weight is 278 g/mol. The van der Waals surface area contributed by atoms with Gasteiger partial charge in [0.25, 0.3) is 0 Å². The van der Waals surface area contributed by atoms with Crippen LogP contribution in [0.4, 0.5) is 0 Å². The van der Waals surface area contributed by atoms with Gasteiger partial charge in [0.2, 0.25) is 0 Å². The van der Waals surface area contributed by atoms with E-state index in [0.29, 0.717) is 0 Å². The van der Waals surface area contributed by atoms with Gasteiger partial charge in [-0.05, 0) is 60.1 Å². The predicted octanol–water partition coefficient (Wildman–Crippen LogP) is 6.17. The monoisotopic (exact) mass is 278 g/mol. The summed E-state index contributed by atoms with van der Waals surface area (Å²) >= 11 is 0. The van der Waals surface area contributed by atoms with E-state index in [2.05, 4.69) is 64.1 Å². The molecular formula is C21H26. The van der Waals surface area contributed by atoms with Gasteiger partial charge < -0.3 is 0 Å². The number of fused-ring (bicyclic) bond motifs is 3. The quantitative estimate of drug-likeness (QED) is 0.627. The van der Waals surface area contributed by atoms with Gasteiger partial charge >= 0.3 is 0 Å². The first kappa shape index (κ1) is 14.4. The van der Waals surface area contributed by atoms with Crippen molar-refractivity contribution >= 4 is 0 Å². The molecule has 0 aromatic heterocycles. The van der Waals surface area contributed by atoms with E-state index in [9.17, 15) is 0 Å². The van der Waals surface area contributed by atoms with Crippen LogP contribution >= 0.6 is 0 Å². The molecule has 0 N–H and O–H groups in total. The lowest BCUT2D eigenvalue weighted by atomic mass is 9.69. The first-order chi connectivity index (χ1) is 10.2. The summed E-state index contributed by atoms with van der Waals surface area (Å²) in [6.07, 6.45) is 5.00. The number of aryl methyl sites for hydroxylation is 2. The minimum Gasteiger partial charge on any atom is -0.0653 e. The van der Waals surface area contributed by atoms with Crippen molar-refractivity contribution in [1.82, 2.24) is 0 Å². The van der Waals surface area contributed by atoms with E-state index in [1.807, 2.05) is 0 Å². The average Bonchev–Trinajstić information content (AvgIpc) is 2.73. The van der Waals surface area contributed by atoms with E-state index in [1.165, 1.54) is 47.9 Å². The SMILES string of the molecule is CCCC1(CCC)c2c(C)cccc2-c2cccc(C)c21. The van der Waals surface area contributed by atoms with E-state index in [-0.39, 0.29) is 5.41 Å². The fraction of sp³-hybridized carbons (Fsp3) is 0.429. The second-order valence-corrected chi connectivity index (χ2v) is 6.58. The molecule has 2 aromatic rings. The maximum atomic E-state index is 2.33. The summed E-state index contributed by atoms with van der Waals surface area (Å²) in [5, 5.41) is 0. The minimum absolute atomic E-state index is 0.241. The van der Waals surface area contributed by atoms with Crippen LogP contribution in [0.2, 0.25) is 0 Å². The molecule has 0 spiro atoms. The zero-order chi connectivity index (χ0) is 15.0. The number of rotatable bonds is 4. The van der Waals surface area contributed by atoms with Crippen LogP contribution in [-0.4, -0.2) is 0 Å². The third kappa shape index (κ3) is 1.96. The fourth-order valence-corrected chi connectivity index (χ4v) is 4.66. The lowest BCUT2D eigenvalue weighted by molar-refractivity contribution is 0.432. The van der Waals surface area contributed by atoms with Crippen LogP contribution in [0.25, 0.3) is 11.1 Å². The van der Waals surface area contributed by atoms with E-state index in [4.69, 9.17) is 0 Å². The summed E-state index contributed by atoms with van der Waals surface area (Å²) in [5.74, 6) is 0. The van der Waals surface area contributed by atoms with Crippen molar-refractivity contribution in [1.29, 1.82) is 0 Å². The molecule has 0 fully saturated rings. The van der Waals surface area contributed by atoms with Gasteiger partial charge in [-0.3, -0.25) is 0 Å². The molecule has 2 aromatic carbocycles. The molecule has 110 valence electrons. The van der Waals surface area contributed by atoms with Crippen molar-refractivity contribution in [3.63, 3.8) is 0 Å². The molecule has 0 bridgehead atoms. The molecule has 0 nitrogen and oxygen atoms in total. The third-order valence-corrected chi connectivity index (χ3v) is 5.15. The van der Waals surface area contributed by atoms with Crippen LogP contribution in [0.15, 0.2) is 36.4 Å². The van der Waals surface area contributed by atoms with Crippen molar-refractivity contribution < 1.29 is 0 Å². The highest BCUT2D eigenvalue weighted by molar-refractivity contribution is 5.83. The predicted molar refractivity (Wildman–Crippen MR) is 91.9 cm³/mol. The molecule has 0 aliphatic heterocycles. The third-order valence-electron chi connectivity index (χ3n) is 5.15. The second-order valence-electron chi connectivity index (χ2n) is 6.58. The zero-order valence-electron chi connectivity index (χ0n) is 13.8. The number of hydrogen-bond donors (Lipinski definition) is 0. The van der Waals surface area contributed by atoms with E-state index in [1.54, 1.807) is 11.1 Å². The molecule has 0 amide bonds. The van der Waals surface area contributed by atoms with Crippen LogP contribution in [0.1, 0.15) is 61.8 Å². The van der Waals surface area contributed by atoms with Crippen LogP contribution in [-0.2, 0) is 5.41 Å². The van der Waals surface area contributed by atoms with Gasteiger partial charge in [0.05, 0.1) is 0 Å². The summed E-state index contributed by atoms with van der Waals surface area (Å²) in [7, 11) is 0. The first-order valence-electron chi connectivity index (χ1n) is 8.36. The summed E-state index contributed by atoms with van der Waals surface area (Å²) < 4.78 is 0. The molecule has 1 aliphatic rings. The maximum Gasteiger partial charge on any atom is 0.0220 e. The first-order valence-corrected chi connectivity index (χ1v) is 8.36. The van der Waals surface area contributed by atoms with Gasteiger partial charge in [0.1, 0.15) is 0 Å². The molecule has 0 atom stereocenters. The topological polar surface area (TPSA) is 0 Å². The highest BCUT2D eigenvalue weighted by Gasteiger charge is 2.43. The van der Waals surface area contributed by atoms with Crippen LogP contribution in [0.5, 0.6) is 0 Å². The molecular weight excluding hydrogens is 252 g/mol. The van der Waals surface area contributed by atoms with Crippen molar-refractivity contribution in [2.24, 2.45) is 0 Å². The molecule has 0 unspecified atom stereocenters. The molecule has 0 saturated heterocycles. The van der Waals surface area contributed by atoms with Crippen molar-refractivity contribution in [3.05, 3.63) is 58.7 Å². The molecule has 21 heavy (non-hydrogen) atoms. The van der Waals surface area contributed by atoms with Crippen LogP contribution in [0, 0.1) is 13.8 Å². The normalized spacial score (nSPS) is 14.9. The highest BCUT2D eigenvalue weighted by atomic mass is 14.5. The zero-order valence-corrected chi connectivity index (χ0v) is 13.8. The summed E-state index contributed by atoms with van der Waals surface area (Å²) in [6, 6.07) is 13.7. The van der Waals surface area contributed by atoms with Gasteiger partial charge in [-0.25, -0.2) is 0 Å². The molecule has 0 heteroatoms. The Balaban J connectivity index is 2.39. The Bertz CT molecular complexity index is 604. The smallest absolute Gasteiger partial charge is 0.0220 e. The fourth-order valence-electron chi connectivity index (χ4n) is 4.66. The molecule has 0 radical (unpaired) electrons. The number of hydrogen-bond acceptors (Lipinski definition) is 0. The number of benzene rings is 2. The Kier molecular flexibility index (Phi) is 3.65. The minimum atomic E-state index is 0.241. The lowest BCUT2D eigenvalue weighted by Crippen LogP contribution is -2.26. The second kappa shape index (κ2) is 5.33. The molecule has 0 heterocycles. The van der Waals surface area contributed by atoms with Gasteiger partial charge in [0.15, 0.2) is 0 Å². The summed E-state index contributed by atoms with van der Waals surface area (Å²) in [5.41, 5.74) is 9.35. The Morgan fingerprint density at radius 3 is 1.52 bits per heavy atom.